The largest absolute Gasteiger partial charge is 0.288 e. The third-order valence-corrected chi connectivity index (χ3v) is 3.33. The van der Waals surface area contributed by atoms with Crippen LogP contribution < -0.4 is 10.9 Å². The molecule has 0 fully saturated rings. The van der Waals surface area contributed by atoms with E-state index in [1.54, 1.807) is 30.3 Å². The van der Waals surface area contributed by atoms with Gasteiger partial charge in [0.05, 0.1) is 5.56 Å². The lowest BCUT2D eigenvalue weighted by Crippen LogP contribution is -2.42. The van der Waals surface area contributed by atoms with Crippen LogP contribution in [0.25, 0.3) is 0 Å². The molecule has 0 bridgehead atoms. The van der Waals surface area contributed by atoms with E-state index in [9.17, 15) is 9.59 Å². The molecular formula is C14H13N3O2S. The Morgan fingerprint density at radius 1 is 1.00 bits per heavy atom. The summed E-state index contributed by atoms with van der Waals surface area (Å²) < 4.78 is 0. The maximum absolute atomic E-state index is 12.0. The van der Waals surface area contributed by atoms with Gasteiger partial charge in [-0.05, 0) is 30.5 Å². The molecule has 0 spiro atoms. The zero-order chi connectivity index (χ0) is 14.4. The molecule has 2 aromatic rings. The van der Waals surface area contributed by atoms with Gasteiger partial charge in [0, 0.05) is 11.1 Å². The molecule has 2 rings (SSSR count). The van der Waals surface area contributed by atoms with E-state index < -0.39 is 5.91 Å². The Bertz CT molecular complexity index is 617. The summed E-state index contributed by atoms with van der Waals surface area (Å²) in [6.07, 6.45) is 3.40. The monoisotopic (exact) mass is 287 g/mol. The number of nitrogens with zero attached hydrogens (tertiary/aromatic N) is 1. The molecule has 0 saturated carbocycles. The highest BCUT2D eigenvalue weighted by Crippen LogP contribution is 2.19. The van der Waals surface area contributed by atoms with Crippen molar-refractivity contribution in [2.45, 2.75) is 4.90 Å². The Morgan fingerprint density at radius 3 is 2.40 bits per heavy atom. The average molecular weight is 287 g/mol. The first-order valence-electron chi connectivity index (χ1n) is 5.87. The predicted octanol–water partition coefficient (Wildman–Crippen LogP) is 1.88. The molecule has 0 aliphatic heterocycles. The van der Waals surface area contributed by atoms with Crippen molar-refractivity contribution >= 4 is 23.6 Å². The van der Waals surface area contributed by atoms with Crippen molar-refractivity contribution in [1.29, 1.82) is 0 Å². The summed E-state index contributed by atoms with van der Waals surface area (Å²) in [6.45, 7) is 0. The summed E-state index contributed by atoms with van der Waals surface area (Å²) in [5, 5.41) is 0. The number of rotatable bonds is 3. The molecule has 1 heterocycles. The summed E-state index contributed by atoms with van der Waals surface area (Å²) in [7, 11) is 0. The summed E-state index contributed by atoms with van der Waals surface area (Å²) >= 11 is 1.47. The number of nitrogens with one attached hydrogen (secondary N) is 2. The van der Waals surface area contributed by atoms with Gasteiger partial charge in [-0.3, -0.25) is 25.4 Å². The van der Waals surface area contributed by atoms with E-state index in [-0.39, 0.29) is 11.6 Å². The van der Waals surface area contributed by atoms with E-state index in [4.69, 9.17) is 0 Å². The zero-order valence-electron chi connectivity index (χ0n) is 10.8. The van der Waals surface area contributed by atoms with Crippen LogP contribution in [-0.2, 0) is 0 Å². The number of thioether (sulfide) groups is 1. The normalized spacial score (nSPS) is 9.85. The molecule has 0 saturated heterocycles. The van der Waals surface area contributed by atoms with Gasteiger partial charge in [0.15, 0.2) is 0 Å². The van der Waals surface area contributed by atoms with Crippen LogP contribution in [0, 0.1) is 0 Å². The Morgan fingerprint density at radius 2 is 1.70 bits per heavy atom. The van der Waals surface area contributed by atoms with Gasteiger partial charge in [-0.25, -0.2) is 0 Å². The van der Waals surface area contributed by atoms with Crippen LogP contribution in [-0.4, -0.2) is 23.1 Å². The van der Waals surface area contributed by atoms with E-state index in [1.807, 2.05) is 18.4 Å². The van der Waals surface area contributed by atoms with E-state index >= 15 is 0 Å². The lowest BCUT2D eigenvalue weighted by atomic mass is 10.2. The number of hydrogen-bond donors (Lipinski definition) is 2. The molecule has 6 heteroatoms. The van der Waals surface area contributed by atoms with Crippen molar-refractivity contribution in [3.05, 3.63) is 59.9 Å². The number of amides is 2. The van der Waals surface area contributed by atoms with Crippen LogP contribution >= 0.6 is 11.8 Å². The summed E-state index contributed by atoms with van der Waals surface area (Å²) in [5.41, 5.74) is 5.48. The quantitative estimate of drug-likeness (QED) is 0.668. The van der Waals surface area contributed by atoms with Gasteiger partial charge in [0.25, 0.3) is 11.8 Å². The highest BCUT2D eigenvalue weighted by molar-refractivity contribution is 7.98. The molecule has 0 atom stereocenters. The number of carbonyl (C=O) groups excluding carboxylic acids is 2. The third-order valence-electron chi connectivity index (χ3n) is 2.54. The van der Waals surface area contributed by atoms with Gasteiger partial charge >= 0.3 is 0 Å². The maximum atomic E-state index is 12.0. The Hall–Kier alpha value is -2.34. The van der Waals surface area contributed by atoms with E-state index in [2.05, 4.69) is 15.8 Å². The Balaban J connectivity index is 2.01. The molecule has 0 unspecified atom stereocenters. The third kappa shape index (κ3) is 3.36. The lowest BCUT2D eigenvalue weighted by Gasteiger charge is -2.09. The van der Waals surface area contributed by atoms with E-state index in [0.29, 0.717) is 5.56 Å². The Labute approximate surface area is 120 Å². The van der Waals surface area contributed by atoms with Gasteiger partial charge in [-0.2, -0.15) is 0 Å². The van der Waals surface area contributed by atoms with Crippen molar-refractivity contribution in [2.75, 3.05) is 6.26 Å². The highest BCUT2D eigenvalue weighted by atomic mass is 32.2. The highest BCUT2D eigenvalue weighted by Gasteiger charge is 2.12. The van der Waals surface area contributed by atoms with Gasteiger partial charge in [0.1, 0.15) is 5.69 Å². The molecular weight excluding hydrogens is 274 g/mol. The van der Waals surface area contributed by atoms with Crippen LogP contribution in [0.1, 0.15) is 20.8 Å². The smallest absolute Gasteiger partial charge is 0.267 e. The number of aromatic nitrogens is 1. The number of benzene rings is 1. The molecule has 2 N–H and O–H groups in total. The molecule has 20 heavy (non-hydrogen) atoms. The average Bonchev–Trinajstić information content (AvgIpc) is 2.53. The van der Waals surface area contributed by atoms with E-state index in [1.165, 1.54) is 18.0 Å². The summed E-state index contributed by atoms with van der Waals surface area (Å²) in [4.78, 5) is 28.5. The molecule has 2 amide bonds. The predicted molar refractivity (Wildman–Crippen MR) is 77.4 cm³/mol. The molecule has 5 nitrogen and oxygen atoms in total. The fourth-order valence-corrected chi connectivity index (χ4v) is 2.17. The van der Waals surface area contributed by atoms with Gasteiger partial charge in [-0.1, -0.05) is 18.2 Å². The summed E-state index contributed by atoms with van der Waals surface area (Å²) in [6, 6.07) is 12.2. The van der Waals surface area contributed by atoms with Crippen LogP contribution in [0.3, 0.4) is 0 Å². The Kier molecular flexibility index (Phi) is 4.73. The fourth-order valence-electron chi connectivity index (χ4n) is 1.57. The second-order valence-electron chi connectivity index (χ2n) is 3.82. The molecule has 0 aliphatic carbocycles. The first kappa shape index (κ1) is 14.1. The second kappa shape index (κ2) is 6.72. The van der Waals surface area contributed by atoms with E-state index in [0.717, 1.165) is 4.90 Å². The number of pyridine rings is 1. The second-order valence-corrected chi connectivity index (χ2v) is 4.67. The standard InChI is InChI=1S/C14H13N3O2S/c1-20-12-8-3-2-6-10(12)13(18)16-17-14(19)11-7-4-5-9-15-11/h2-9H,1H3,(H,16,18)(H,17,19). The number of carbonyl (C=O) groups is 2. The topological polar surface area (TPSA) is 71.1 Å². The van der Waals surface area contributed by atoms with Crippen molar-refractivity contribution in [3.8, 4) is 0 Å². The van der Waals surface area contributed by atoms with Crippen LogP contribution in [0.2, 0.25) is 0 Å². The number of hydrogen-bond acceptors (Lipinski definition) is 4. The van der Waals surface area contributed by atoms with Crippen LogP contribution in [0.15, 0.2) is 53.6 Å². The SMILES string of the molecule is CSc1ccccc1C(=O)NNC(=O)c1ccccn1. The van der Waals surface area contributed by atoms with Gasteiger partial charge < -0.3 is 0 Å². The van der Waals surface area contributed by atoms with Gasteiger partial charge in [-0.15, -0.1) is 11.8 Å². The molecule has 0 radical (unpaired) electrons. The van der Waals surface area contributed by atoms with Gasteiger partial charge in [0.2, 0.25) is 0 Å². The summed E-state index contributed by atoms with van der Waals surface area (Å²) in [5.74, 6) is -0.820. The van der Waals surface area contributed by atoms with Crippen molar-refractivity contribution < 1.29 is 9.59 Å². The first-order valence-corrected chi connectivity index (χ1v) is 7.09. The van der Waals surface area contributed by atoms with Crippen LogP contribution in [0.5, 0.6) is 0 Å². The minimum Gasteiger partial charge on any atom is -0.267 e. The van der Waals surface area contributed by atoms with Crippen molar-refractivity contribution in [3.63, 3.8) is 0 Å². The molecule has 1 aromatic heterocycles. The molecule has 102 valence electrons. The lowest BCUT2D eigenvalue weighted by molar-refractivity contribution is 0.0842. The molecule has 1 aromatic carbocycles. The van der Waals surface area contributed by atoms with Crippen molar-refractivity contribution in [1.82, 2.24) is 15.8 Å². The van der Waals surface area contributed by atoms with Crippen LogP contribution in [0.4, 0.5) is 0 Å². The fraction of sp³-hybridized carbons (Fsp3) is 0.0714. The number of hydrazine groups is 1. The van der Waals surface area contributed by atoms with Crippen molar-refractivity contribution in [2.24, 2.45) is 0 Å². The molecule has 0 aliphatic rings. The first-order chi connectivity index (χ1) is 9.72. The minimum atomic E-state index is -0.458. The maximum Gasteiger partial charge on any atom is 0.288 e. The minimum absolute atomic E-state index is 0.242. The zero-order valence-corrected chi connectivity index (χ0v) is 11.6.